The van der Waals surface area contributed by atoms with Crippen LogP contribution in [0.5, 0.6) is 5.75 Å². The number of rotatable bonds is 6. The molecule has 1 aliphatic rings. The van der Waals surface area contributed by atoms with E-state index in [1.165, 1.54) is 12.1 Å². The molecule has 0 saturated carbocycles. The topological polar surface area (TPSA) is 115 Å². The number of hydrogen-bond donors (Lipinski definition) is 3. The summed E-state index contributed by atoms with van der Waals surface area (Å²) < 4.78 is 27.9. The number of nitrogens with one attached hydrogen (secondary N) is 2. The molecule has 1 aliphatic heterocycles. The number of nitrogens with zero attached hydrogens (tertiary/aromatic N) is 2. The highest BCUT2D eigenvalue weighted by molar-refractivity contribution is 7.89. The largest absolute Gasteiger partial charge is 0.507 e. The molecule has 8 nitrogen and oxygen atoms in total. The second-order valence-corrected chi connectivity index (χ2v) is 10.7. The Morgan fingerprint density at radius 3 is 2.56 bits per heavy atom. The molecule has 3 N–H and O–H groups in total. The number of aromatic nitrogens is 2. The highest BCUT2D eigenvalue weighted by Crippen LogP contribution is 2.31. The van der Waals surface area contributed by atoms with Crippen LogP contribution in [0.4, 0.5) is 5.69 Å². The van der Waals surface area contributed by atoms with Crippen LogP contribution in [-0.4, -0.2) is 46.5 Å². The molecule has 9 heteroatoms. The molecular formula is C25H30N4O4S. The van der Waals surface area contributed by atoms with Crippen molar-refractivity contribution in [3.8, 4) is 17.0 Å². The lowest BCUT2D eigenvalue weighted by Gasteiger charge is -2.34. The first-order valence-electron chi connectivity index (χ1n) is 11.5. The molecule has 0 spiro atoms. The molecule has 1 atom stereocenters. The predicted molar refractivity (Wildman–Crippen MR) is 131 cm³/mol. The van der Waals surface area contributed by atoms with Crippen molar-refractivity contribution in [1.29, 1.82) is 0 Å². The third-order valence-electron chi connectivity index (χ3n) is 6.47. The van der Waals surface area contributed by atoms with Crippen LogP contribution in [0.25, 0.3) is 11.3 Å². The average Bonchev–Trinajstić information content (AvgIpc) is 3.32. The minimum Gasteiger partial charge on any atom is -0.507 e. The standard InChI is InChI=1S/C25H30N4O4S/c1-4-19-7-5-6-12-29(19)34(32,33)20-10-8-18(9-11-20)26-25(31)23-15-22(27-28-23)21-13-16(2)17(3)14-24(21)30/h8-11,13-15,19,30H,4-7,12H2,1-3H3,(H,26,31)(H,27,28). The van der Waals surface area contributed by atoms with Crippen LogP contribution in [0.1, 0.15) is 54.2 Å². The van der Waals surface area contributed by atoms with Gasteiger partial charge in [-0.3, -0.25) is 9.89 Å². The number of hydrogen-bond acceptors (Lipinski definition) is 5. The Morgan fingerprint density at radius 1 is 1.15 bits per heavy atom. The molecule has 0 bridgehead atoms. The number of carbonyl (C=O) groups is 1. The van der Waals surface area contributed by atoms with Crippen molar-refractivity contribution in [2.75, 3.05) is 11.9 Å². The molecule has 2 aromatic carbocycles. The van der Waals surface area contributed by atoms with E-state index in [0.717, 1.165) is 36.8 Å². The molecular weight excluding hydrogens is 452 g/mol. The van der Waals surface area contributed by atoms with Crippen LogP contribution >= 0.6 is 0 Å². The molecule has 34 heavy (non-hydrogen) atoms. The van der Waals surface area contributed by atoms with E-state index in [0.29, 0.717) is 23.5 Å². The first-order valence-corrected chi connectivity index (χ1v) is 12.9. The van der Waals surface area contributed by atoms with Gasteiger partial charge in [0.1, 0.15) is 11.4 Å². The van der Waals surface area contributed by atoms with Crippen LogP contribution in [0.2, 0.25) is 0 Å². The summed E-state index contributed by atoms with van der Waals surface area (Å²) >= 11 is 0. The van der Waals surface area contributed by atoms with Crippen molar-refractivity contribution in [2.24, 2.45) is 0 Å². The Balaban J connectivity index is 1.48. The lowest BCUT2D eigenvalue weighted by atomic mass is 10.0. The zero-order valence-electron chi connectivity index (χ0n) is 19.6. The van der Waals surface area contributed by atoms with Gasteiger partial charge in [0.2, 0.25) is 10.0 Å². The van der Waals surface area contributed by atoms with Crippen LogP contribution in [0.3, 0.4) is 0 Å². The Kier molecular flexibility index (Phi) is 6.77. The summed E-state index contributed by atoms with van der Waals surface area (Å²) in [5.74, 6) is -0.322. The monoisotopic (exact) mass is 482 g/mol. The third kappa shape index (κ3) is 4.71. The maximum Gasteiger partial charge on any atom is 0.273 e. The first-order chi connectivity index (χ1) is 16.2. The van der Waals surface area contributed by atoms with Crippen LogP contribution in [0, 0.1) is 13.8 Å². The highest BCUT2D eigenvalue weighted by Gasteiger charge is 2.32. The number of aryl methyl sites for hydroxylation is 2. The van der Waals surface area contributed by atoms with Crippen molar-refractivity contribution >= 4 is 21.6 Å². The number of amides is 1. The molecule has 180 valence electrons. The average molecular weight is 483 g/mol. The van der Waals surface area contributed by atoms with E-state index in [9.17, 15) is 18.3 Å². The number of piperidine rings is 1. The fraction of sp³-hybridized carbons (Fsp3) is 0.360. The molecule has 1 aromatic heterocycles. The fourth-order valence-corrected chi connectivity index (χ4v) is 6.09. The van der Waals surface area contributed by atoms with Gasteiger partial charge >= 0.3 is 0 Å². The summed E-state index contributed by atoms with van der Waals surface area (Å²) in [6, 6.07) is 11.3. The number of phenols is 1. The Bertz CT molecular complexity index is 1300. The normalized spacial score (nSPS) is 17.0. The summed E-state index contributed by atoms with van der Waals surface area (Å²) in [4.78, 5) is 12.9. The minimum absolute atomic E-state index is 0.0319. The smallest absolute Gasteiger partial charge is 0.273 e. The summed E-state index contributed by atoms with van der Waals surface area (Å²) in [5, 5.41) is 19.9. The SMILES string of the molecule is CCC1CCCCN1S(=O)(=O)c1ccc(NC(=O)c2cc(-c3cc(C)c(C)cc3O)n[nH]2)cc1. The van der Waals surface area contributed by atoms with Crippen LogP contribution in [0.15, 0.2) is 47.4 Å². The lowest BCUT2D eigenvalue weighted by molar-refractivity contribution is 0.102. The van der Waals surface area contributed by atoms with E-state index in [1.54, 1.807) is 28.6 Å². The summed E-state index contributed by atoms with van der Waals surface area (Å²) in [7, 11) is -3.58. The molecule has 3 aromatic rings. The van der Waals surface area contributed by atoms with Gasteiger partial charge in [-0.05, 0) is 86.7 Å². The van der Waals surface area contributed by atoms with Gasteiger partial charge in [-0.1, -0.05) is 13.3 Å². The van der Waals surface area contributed by atoms with E-state index in [2.05, 4.69) is 15.5 Å². The van der Waals surface area contributed by atoms with Crippen LogP contribution in [-0.2, 0) is 10.0 Å². The van der Waals surface area contributed by atoms with Gasteiger partial charge in [-0.15, -0.1) is 0 Å². The van der Waals surface area contributed by atoms with Gasteiger partial charge in [0.25, 0.3) is 5.91 Å². The van der Waals surface area contributed by atoms with Crippen molar-refractivity contribution in [2.45, 2.75) is 57.4 Å². The number of sulfonamides is 1. The zero-order valence-corrected chi connectivity index (χ0v) is 20.4. The number of phenolic OH excluding ortho intramolecular Hbond substituents is 1. The van der Waals surface area contributed by atoms with E-state index >= 15 is 0 Å². The second kappa shape index (κ2) is 9.60. The zero-order chi connectivity index (χ0) is 24.5. The van der Waals surface area contributed by atoms with E-state index in [1.807, 2.05) is 26.8 Å². The summed E-state index contributed by atoms with van der Waals surface area (Å²) in [5.41, 5.74) is 3.66. The van der Waals surface area contributed by atoms with E-state index < -0.39 is 15.9 Å². The molecule has 0 radical (unpaired) electrons. The molecule has 1 amide bonds. The number of aromatic amines is 1. The molecule has 1 saturated heterocycles. The molecule has 2 heterocycles. The Morgan fingerprint density at radius 2 is 1.85 bits per heavy atom. The predicted octanol–water partition coefficient (Wildman–Crippen LogP) is 4.60. The molecule has 4 rings (SSSR count). The summed E-state index contributed by atoms with van der Waals surface area (Å²) in [6.45, 7) is 6.40. The number of benzene rings is 2. The quantitative estimate of drug-likeness (QED) is 0.475. The van der Waals surface area contributed by atoms with Crippen molar-refractivity contribution in [3.63, 3.8) is 0 Å². The van der Waals surface area contributed by atoms with Gasteiger partial charge in [0.15, 0.2) is 0 Å². The Hall–Kier alpha value is -3.17. The minimum atomic E-state index is -3.58. The van der Waals surface area contributed by atoms with Gasteiger partial charge in [-0.25, -0.2) is 8.42 Å². The highest BCUT2D eigenvalue weighted by atomic mass is 32.2. The Labute approximate surface area is 200 Å². The van der Waals surface area contributed by atoms with Gasteiger partial charge in [0.05, 0.1) is 10.6 Å². The number of aromatic hydroxyl groups is 1. The van der Waals surface area contributed by atoms with Crippen LogP contribution < -0.4 is 5.32 Å². The number of H-pyrrole nitrogens is 1. The van der Waals surface area contributed by atoms with Crippen molar-refractivity contribution in [3.05, 3.63) is 59.3 Å². The van der Waals surface area contributed by atoms with E-state index in [-0.39, 0.29) is 22.4 Å². The molecule has 1 unspecified atom stereocenters. The van der Waals surface area contributed by atoms with Gasteiger partial charge < -0.3 is 10.4 Å². The lowest BCUT2D eigenvalue weighted by Crippen LogP contribution is -2.43. The molecule has 1 fully saturated rings. The van der Waals surface area contributed by atoms with Crippen molar-refractivity contribution < 1.29 is 18.3 Å². The maximum absolute atomic E-state index is 13.1. The number of anilines is 1. The summed E-state index contributed by atoms with van der Waals surface area (Å²) in [6.07, 6.45) is 3.60. The van der Waals surface area contributed by atoms with E-state index in [4.69, 9.17) is 0 Å². The first kappa shape index (κ1) is 24.0. The number of carbonyl (C=O) groups excluding carboxylic acids is 1. The fourth-order valence-electron chi connectivity index (χ4n) is 4.32. The maximum atomic E-state index is 13.1. The molecule has 0 aliphatic carbocycles. The second-order valence-electron chi connectivity index (χ2n) is 8.77. The van der Waals surface area contributed by atoms with Gasteiger partial charge in [0, 0.05) is 23.8 Å². The van der Waals surface area contributed by atoms with Crippen molar-refractivity contribution in [1.82, 2.24) is 14.5 Å². The van der Waals surface area contributed by atoms with Gasteiger partial charge in [-0.2, -0.15) is 9.40 Å². The third-order valence-corrected chi connectivity index (χ3v) is 8.44.